The Hall–Kier alpha value is -2.73. The highest BCUT2D eigenvalue weighted by Crippen LogP contribution is 2.21. The minimum Gasteiger partial charge on any atom is -0.348 e. The van der Waals surface area contributed by atoms with Gasteiger partial charge in [-0.25, -0.2) is 4.39 Å². The highest BCUT2D eigenvalue weighted by Gasteiger charge is 2.30. The Balaban J connectivity index is 1.47. The fourth-order valence-corrected chi connectivity index (χ4v) is 3.65. The van der Waals surface area contributed by atoms with Crippen molar-refractivity contribution in [2.45, 2.75) is 38.8 Å². The van der Waals surface area contributed by atoms with Crippen molar-refractivity contribution >= 4 is 17.5 Å². The smallest absolute Gasteiger partial charge is 0.237 e. The number of nitrogens with one attached hydrogen (secondary N) is 2. The maximum Gasteiger partial charge on any atom is 0.237 e. The van der Waals surface area contributed by atoms with Crippen molar-refractivity contribution in [1.82, 2.24) is 10.2 Å². The molecule has 29 heavy (non-hydrogen) atoms. The zero-order valence-corrected chi connectivity index (χ0v) is 16.9. The van der Waals surface area contributed by atoms with E-state index in [0.717, 1.165) is 24.1 Å². The molecular weight excluding hydrogens is 369 g/mol. The fraction of sp³-hybridized carbons (Fsp3) is 0.391. The first-order valence-electron chi connectivity index (χ1n) is 10.1. The zero-order chi connectivity index (χ0) is 20.8. The lowest BCUT2D eigenvalue weighted by Gasteiger charge is -2.35. The third kappa shape index (κ3) is 5.64. The molecule has 154 valence electrons. The Kier molecular flexibility index (Phi) is 6.99. The highest BCUT2D eigenvalue weighted by molar-refractivity contribution is 5.92. The van der Waals surface area contributed by atoms with E-state index in [0.29, 0.717) is 13.1 Å². The Bertz CT molecular complexity index is 818. The van der Waals surface area contributed by atoms with Crippen LogP contribution in [0.3, 0.4) is 0 Å². The number of carbonyl (C=O) groups is 2. The minimum atomic E-state index is -0.292. The van der Waals surface area contributed by atoms with Gasteiger partial charge in [0.25, 0.3) is 0 Å². The molecule has 2 amide bonds. The number of anilines is 1. The van der Waals surface area contributed by atoms with E-state index < -0.39 is 0 Å². The van der Waals surface area contributed by atoms with Crippen molar-refractivity contribution in [1.29, 1.82) is 0 Å². The quantitative estimate of drug-likeness (QED) is 0.781. The molecule has 2 aromatic carbocycles. The lowest BCUT2D eigenvalue weighted by atomic mass is 9.94. The molecule has 1 aliphatic heterocycles. The number of rotatable bonds is 6. The van der Waals surface area contributed by atoms with Crippen molar-refractivity contribution in [3.05, 3.63) is 66.0 Å². The van der Waals surface area contributed by atoms with Gasteiger partial charge in [-0.05, 0) is 69.6 Å². The maximum atomic E-state index is 13.1. The average Bonchev–Trinajstić information content (AvgIpc) is 2.74. The maximum absolute atomic E-state index is 13.1. The van der Waals surface area contributed by atoms with Crippen molar-refractivity contribution in [3.8, 4) is 0 Å². The van der Waals surface area contributed by atoms with E-state index in [4.69, 9.17) is 0 Å². The van der Waals surface area contributed by atoms with Gasteiger partial charge in [-0.2, -0.15) is 0 Å². The average molecular weight is 397 g/mol. The van der Waals surface area contributed by atoms with E-state index in [2.05, 4.69) is 15.5 Å². The van der Waals surface area contributed by atoms with Crippen LogP contribution in [-0.4, -0.2) is 35.8 Å². The number of para-hydroxylation sites is 1. The first-order chi connectivity index (χ1) is 13.9. The molecule has 0 saturated carbocycles. The molecule has 1 saturated heterocycles. The number of amides is 2. The lowest BCUT2D eigenvalue weighted by Crippen LogP contribution is -2.49. The van der Waals surface area contributed by atoms with E-state index >= 15 is 0 Å². The normalized spacial score (nSPS) is 17.3. The molecule has 0 spiro atoms. The van der Waals surface area contributed by atoms with Crippen LogP contribution >= 0.6 is 0 Å². The van der Waals surface area contributed by atoms with Crippen LogP contribution in [0.25, 0.3) is 0 Å². The molecule has 6 heteroatoms. The van der Waals surface area contributed by atoms with Gasteiger partial charge in [0, 0.05) is 11.6 Å². The topological polar surface area (TPSA) is 61.4 Å². The summed E-state index contributed by atoms with van der Waals surface area (Å²) in [4.78, 5) is 27.2. The summed E-state index contributed by atoms with van der Waals surface area (Å²) in [5.74, 6) is -0.355. The number of carbonyl (C=O) groups excluding carboxylic acids is 2. The number of halogens is 1. The van der Waals surface area contributed by atoms with Crippen molar-refractivity contribution in [3.63, 3.8) is 0 Å². The molecule has 2 aromatic rings. The summed E-state index contributed by atoms with van der Waals surface area (Å²) in [7, 11) is 0. The molecule has 0 aliphatic carbocycles. The number of likely N-dealkylation sites (tertiary alicyclic amines) is 1. The van der Waals surface area contributed by atoms with Gasteiger partial charge < -0.3 is 10.6 Å². The molecule has 1 heterocycles. The molecule has 2 N–H and O–H groups in total. The summed E-state index contributed by atoms with van der Waals surface area (Å²) in [6.45, 7) is 5.17. The van der Waals surface area contributed by atoms with Crippen molar-refractivity contribution < 1.29 is 14.0 Å². The number of hydrogen-bond donors (Lipinski definition) is 2. The van der Waals surface area contributed by atoms with E-state index in [-0.39, 0.29) is 35.6 Å². The van der Waals surface area contributed by atoms with Crippen LogP contribution in [0.2, 0.25) is 0 Å². The molecule has 0 aromatic heterocycles. The molecule has 3 rings (SSSR count). The largest absolute Gasteiger partial charge is 0.348 e. The molecule has 0 radical (unpaired) electrons. The standard InChI is InChI=1S/C23H28FN3O2/c1-16(18-8-10-20(24)11-9-18)25-22(28)17(2)27-14-12-19(13-15-27)23(29)26-21-6-4-3-5-7-21/h3-11,16-17,19H,12-15H2,1-2H3,(H,25,28)(H,26,29). The van der Waals surface area contributed by atoms with Gasteiger partial charge in [-0.15, -0.1) is 0 Å². The van der Waals surface area contributed by atoms with Gasteiger partial charge in [0.15, 0.2) is 0 Å². The summed E-state index contributed by atoms with van der Waals surface area (Å²) in [6, 6.07) is 15.1. The van der Waals surface area contributed by atoms with Gasteiger partial charge in [0.1, 0.15) is 5.82 Å². The Labute approximate surface area is 171 Å². The second-order valence-corrected chi connectivity index (χ2v) is 7.62. The molecule has 5 nitrogen and oxygen atoms in total. The number of benzene rings is 2. The number of nitrogens with zero attached hydrogens (tertiary/aromatic N) is 1. The van der Waals surface area contributed by atoms with Crippen LogP contribution in [0, 0.1) is 11.7 Å². The third-order valence-electron chi connectivity index (χ3n) is 5.60. The third-order valence-corrected chi connectivity index (χ3v) is 5.60. The summed E-state index contributed by atoms with van der Waals surface area (Å²) >= 11 is 0. The lowest BCUT2D eigenvalue weighted by molar-refractivity contribution is -0.127. The zero-order valence-electron chi connectivity index (χ0n) is 16.9. The molecule has 2 atom stereocenters. The Morgan fingerprint density at radius 3 is 2.24 bits per heavy atom. The SMILES string of the molecule is CC(NC(=O)C(C)N1CCC(C(=O)Nc2ccccc2)CC1)c1ccc(F)cc1. The molecular formula is C23H28FN3O2. The van der Waals surface area contributed by atoms with Crippen LogP contribution < -0.4 is 10.6 Å². The van der Waals surface area contributed by atoms with Crippen LogP contribution in [0.1, 0.15) is 38.3 Å². The van der Waals surface area contributed by atoms with Crippen LogP contribution in [0.4, 0.5) is 10.1 Å². The summed E-state index contributed by atoms with van der Waals surface area (Å²) in [5, 5.41) is 5.96. The summed E-state index contributed by atoms with van der Waals surface area (Å²) < 4.78 is 13.1. The van der Waals surface area contributed by atoms with Crippen molar-refractivity contribution in [2.75, 3.05) is 18.4 Å². The summed E-state index contributed by atoms with van der Waals surface area (Å²) in [5.41, 5.74) is 1.67. The second-order valence-electron chi connectivity index (χ2n) is 7.62. The van der Waals surface area contributed by atoms with Crippen LogP contribution in [-0.2, 0) is 9.59 Å². The predicted molar refractivity (Wildman–Crippen MR) is 112 cm³/mol. The summed E-state index contributed by atoms with van der Waals surface area (Å²) in [6.07, 6.45) is 1.45. The van der Waals surface area contributed by atoms with E-state index in [1.807, 2.05) is 44.2 Å². The molecule has 0 bridgehead atoms. The number of hydrogen-bond acceptors (Lipinski definition) is 3. The van der Waals surface area contributed by atoms with Gasteiger partial charge >= 0.3 is 0 Å². The van der Waals surface area contributed by atoms with Gasteiger partial charge in [0.2, 0.25) is 11.8 Å². The number of piperidine rings is 1. The molecule has 1 fully saturated rings. The Morgan fingerprint density at radius 1 is 1.00 bits per heavy atom. The van der Waals surface area contributed by atoms with Gasteiger partial charge in [0.05, 0.1) is 12.1 Å². The highest BCUT2D eigenvalue weighted by atomic mass is 19.1. The first-order valence-corrected chi connectivity index (χ1v) is 10.1. The monoisotopic (exact) mass is 397 g/mol. The molecule has 1 aliphatic rings. The van der Waals surface area contributed by atoms with Gasteiger partial charge in [-0.1, -0.05) is 30.3 Å². The van der Waals surface area contributed by atoms with E-state index in [9.17, 15) is 14.0 Å². The van der Waals surface area contributed by atoms with Crippen LogP contribution in [0.5, 0.6) is 0 Å². The minimum absolute atomic E-state index is 0.0397. The fourth-order valence-electron chi connectivity index (χ4n) is 3.65. The van der Waals surface area contributed by atoms with E-state index in [1.165, 1.54) is 12.1 Å². The van der Waals surface area contributed by atoms with Crippen molar-refractivity contribution in [2.24, 2.45) is 5.92 Å². The van der Waals surface area contributed by atoms with Gasteiger partial charge in [-0.3, -0.25) is 14.5 Å². The predicted octanol–water partition coefficient (Wildman–Crippen LogP) is 3.74. The van der Waals surface area contributed by atoms with Crippen LogP contribution in [0.15, 0.2) is 54.6 Å². The first kappa shape index (κ1) is 21.0. The second kappa shape index (κ2) is 9.65. The Morgan fingerprint density at radius 2 is 1.62 bits per heavy atom. The molecule has 2 unspecified atom stereocenters. The van der Waals surface area contributed by atoms with E-state index in [1.54, 1.807) is 12.1 Å².